The van der Waals surface area contributed by atoms with Gasteiger partial charge in [0.2, 0.25) is 0 Å². The van der Waals surface area contributed by atoms with Gasteiger partial charge in [0, 0.05) is 32.9 Å². The predicted octanol–water partition coefficient (Wildman–Crippen LogP) is 2.90. The molecule has 1 saturated heterocycles. The maximum Gasteiger partial charge on any atom is 0.193 e. The van der Waals surface area contributed by atoms with Crippen molar-refractivity contribution < 1.29 is 8.42 Å². The lowest BCUT2D eigenvalue weighted by atomic mass is 9.79. The van der Waals surface area contributed by atoms with Crippen molar-refractivity contribution in [1.82, 2.24) is 10.2 Å². The van der Waals surface area contributed by atoms with Crippen molar-refractivity contribution in [2.75, 3.05) is 32.9 Å². The summed E-state index contributed by atoms with van der Waals surface area (Å²) in [7, 11) is -1.37. The van der Waals surface area contributed by atoms with E-state index in [4.69, 9.17) is 0 Å². The monoisotopic (exact) mass is 379 g/mol. The van der Waals surface area contributed by atoms with Crippen LogP contribution in [0.1, 0.15) is 45.1 Å². The highest BCUT2D eigenvalue weighted by atomic mass is 32.2. The molecule has 2 rings (SSSR count). The molecule has 0 aliphatic carbocycles. The number of hydrogen-bond donors (Lipinski definition) is 1. The molecule has 0 aromatic heterocycles. The zero-order valence-electron chi connectivity index (χ0n) is 16.7. The Labute approximate surface area is 158 Å². The molecular formula is C20H33N3O2S. The standard InChI is InChI=1S/C20H33N3O2S/c1-6-16-14-23(13-12-18(16)17-10-8-7-9-11-17)19(21-4)22-15-20(2,3)26(5,24)25/h7-11,16,18H,6,12-15H2,1-5H3,(H,21,22). The minimum atomic E-state index is -3.13. The smallest absolute Gasteiger partial charge is 0.193 e. The second-order valence-corrected chi connectivity index (χ2v) is 10.5. The van der Waals surface area contributed by atoms with E-state index in [-0.39, 0.29) is 0 Å². The fourth-order valence-corrected chi connectivity index (χ4v) is 3.87. The van der Waals surface area contributed by atoms with E-state index in [0.717, 1.165) is 31.9 Å². The van der Waals surface area contributed by atoms with Gasteiger partial charge in [0.05, 0.1) is 4.75 Å². The normalized spacial score (nSPS) is 22.3. The van der Waals surface area contributed by atoms with Gasteiger partial charge < -0.3 is 10.2 Å². The van der Waals surface area contributed by atoms with Gasteiger partial charge in [-0.05, 0) is 37.7 Å². The van der Waals surface area contributed by atoms with Crippen molar-refractivity contribution in [2.45, 2.75) is 44.3 Å². The number of sulfone groups is 1. The Hall–Kier alpha value is -1.56. The van der Waals surface area contributed by atoms with Crippen molar-refractivity contribution >= 4 is 15.8 Å². The van der Waals surface area contributed by atoms with Gasteiger partial charge in [-0.25, -0.2) is 8.42 Å². The number of nitrogens with zero attached hydrogens (tertiary/aromatic N) is 2. The number of nitrogens with one attached hydrogen (secondary N) is 1. The highest BCUT2D eigenvalue weighted by Crippen LogP contribution is 2.34. The quantitative estimate of drug-likeness (QED) is 0.631. The molecule has 0 radical (unpaired) electrons. The Morgan fingerprint density at radius 3 is 2.50 bits per heavy atom. The van der Waals surface area contributed by atoms with Crippen molar-refractivity contribution in [3.8, 4) is 0 Å². The maximum absolute atomic E-state index is 11.9. The summed E-state index contributed by atoms with van der Waals surface area (Å²) in [4.78, 5) is 6.67. The summed E-state index contributed by atoms with van der Waals surface area (Å²) in [5, 5.41) is 3.28. The van der Waals surface area contributed by atoms with Crippen LogP contribution in [0.25, 0.3) is 0 Å². The van der Waals surface area contributed by atoms with Gasteiger partial charge in [-0.1, -0.05) is 43.7 Å². The molecule has 6 heteroatoms. The molecule has 1 aromatic carbocycles. The molecular weight excluding hydrogens is 346 g/mol. The number of benzene rings is 1. The van der Waals surface area contributed by atoms with Crippen molar-refractivity contribution in [3.05, 3.63) is 35.9 Å². The van der Waals surface area contributed by atoms with E-state index in [9.17, 15) is 8.42 Å². The third-order valence-electron chi connectivity index (χ3n) is 5.67. The van der Waals surface area contributed by atoms with Crippen LogP contribution < -0.4 is 5.32 Å². The molecule has 0 saturated carbocycles. The van der Waals surface area contributed by atoms with Crippen LogP contribution in [0.4, 0.5) is 0 Å². The van der Waals surface area contributed by atoms with Crippen LogP contribution >= 0.6 is 0 Å². The first-order valence-corrected chi connectivity index (χ1v) is 11.3. The molecule has 1 N–H and O–H groups in total. The van der Waals surface area contributed by atoms with E-state index in [1.807, 2.05) is 0 Å². The molecule has 0 amide bonds. The topological polar surface area (TPSA) is 61.8 Å². The third kappa shape index (κ3) is 4.78. The SMILES string of the molecule is CCC1CN(C(=NC)NCC(C)(C)S(C)(=O)=O)CCC1c1ccccc1. The predicted molar refractivity (Wildman–Crippen MR) is 109 cm³/mol. The first kappa shape index (κ1) is 20.7. The summed E-state index contributed by atoms with van der Waals surface area (Å²) < 4.78 is 23.0. The molecule has 1 fully saturated rings. The van der Waals surface area contributed by atoms with E-state index in [2.05, 4.69) is 52.5 Å². The molecule has 0 spiro atoms. The van der Waals surface area contributed by atoms with Gasteiger partial charge in [0.15, 0.2) is 15.8 Å². The lowest BCUT2D eigenvalue weighted by molar-refractivity contribution is 0.215. The number of aliphatic imine (C=N–C) groups is 1. The highest BCUT2D eigenvalue weighted by molar-refractivity contribution is 7.92. The second-order valence-electron chi connectivity index (χ2n) is 7.85. The van der Waals surface area contributed by atoms with E-state index in [1.54, 1.807) is 20.9 Å². The van der Waals surface area contributed by atoms with Gasteiger partial charge in [-0.3, -0.25) is 4.99 Å². The molecule has 1 aromatic rings. The molecule has 2 atom stereocenters. The minimum absolute atomic E-state index is 0.355. The van der Waals surface area contributed by atoms with Gasteiger partial charge in [-0.2, -0.15) is 0 Å². The Balaban J connectivity index is 2.05. The largest absolute Gasteiger partial charge is 0.355 e. The summed E-state index contributed by atoms with van der Waals surface area (Å²) in [6.07, 6.45) is 3.48. The summed E-state index contributed by atoms with van der Waals surface area (Å²) in [6, 6.07) is 10.7. The van der Waals surface area contributed by atoms with E-state index in [0.29, 0.717) is 18.4 Å². The molecule has 26 heavy (non-hydrogen) atoms. The lowest BCUT2D eigenvalue weighted by Gasteiger charge is -2.40. The van der Waals surface area contributed by atoms with Gasteiger partial charge in [0.1, 0.15) is 0 Å². The Bertz CT molecular complexity index is 714. The lowest BCUT2D eigenvalue weighted by Crippen LogP contribution is -2.52. The number of guanidine groups is 1. The zero-order valence-corrected chi connectivity index (χ0v) is 17.5. The molecule has 1 heterocycles. The fourth-order valence-electron chi connectivity index (χ4n) is 3.53. The summed E-state index contributed by atoms with van der Waals surface area (Å²) in [6.45, 7) is 7.96. The highest BCUT2D eigenvalue weighted by Gasteiger charge is 2.33. The number of likely N-dealkylation sites (tertiary alicyclic amines) is 1. The average Bonchev–Trinajstić information content (AvgIpc) is 2.61. The molecule has 2 unspecified atom stereocenters. The average molecular weight is 380 g/mol. The van der Waals surface area contributed by atoms with Crippen LogP contribution in [0, 0.1) is 5.92 Å². The first-order valence-electron chi connectivity index (χ1n) is 9.39. The summed E-state index contributed by atoms with van der Waals surface area (Å²) >= 11 is 0. The van der Waals surface area contributed by atoms with Crippen LogP contribution in [0.15, 0.2) is 35.3 Å². The summed E-state index contributed by atoms with van der Waals surface area (Å²) in [5.41, 5.74) is 1.42. The van der Waals surface area contributed by atoms with Gasteiger partial charge in [-0.15, -0.1) is 0 Å². The van der Waals surface area contributed by atoms with Crippen molar-refractivity contribution in [3.63, 3.8) is 0 Å². The molecule has 0 bridgehead atoms. The molecule has 5 nitrogen and oxygen atoms in total. The van der Waals surface area contributed by atoms with Crippen LogP contribution in [0.5, 0.6) is 0 Å². The second kappa shape index (κ2) is 8.42. The maximum atomic E-state index is 11.9. The van der Waals surface area contributed by atoms with Crippen LogP contribution in [0.3, 0.4) is 0 Å². The van der Waals surface area contributed by atoms with Gasteiger partial charge >= 0.3 is 0 Å². The van der Waals surface area contributed by atoms with E-state index in [1.165, 1.54) is 11.8 Å². The van der Waals surface area contributed by atoms with Crippen LogP contribution in [0.2, 0.25) is 0 Å². The van der Waals surface area contributed by atoms with Crippen LogP contribution in [-0.4, -0.2) is 57.0 Å². The first-order chi connectivity index (χ1) is 12.2. The minimum Gasteiger partial charge on any atom is -0.355 e. The molecule has 146 valence electrons. The number of hydrogen-bond acceptors (Lipinski definition) is 3. The zero-order chi connectivity index (χ0) is 19.4. The number of rotatable bonds is 5. The van der Waals surface area contributed by atoms with Crippen molar-refractivity contribution in [2.24, 2.45) is 10.9 Å². The summed E-state index contributed by atoms with van der Waals surface area (Å²) in [5.74, 6) is 1.93. The van der Waals surface area contributed by atoms with Gasteiger partial charge in [0.25, 0.3) is 0 Å². The van der Waals surface area contributed by atoms with E-state index >= 15 is 0 Å². The Morgan fingerprint density at radius 1 is 1.31 bits per heavy atom. The Morgan fingerprint density at radius 2 is 1.96 bits per heavy atom. The van der Waals surface area contributed by atoms with E-state index < -0.39 is 14.6 Å². The fraction of sp³-hybridized carbons (Fsp3) is 0.650. The third-order valence-corrected chi connectivity index (χ3v) is 7.83. The Kier molecular flexibility index (Phi) is 6.72. The number of piperidine rings is 1. The molecule has 1 aliphatic rings. The van der Waals surface area contributed by atoms with Crippen LogP contribution in [-0.2, 0) is 9.84 Å². The molecule has 1 aliphatic heterocycles. The van der Waals surface area contributed by atoms with Crippen molar-refractivity contribution in [1.29, 1.82) is 0 Å².